The molecule has 5 nitrogen and oxygen atoms in total. The average molecular weight is 375 g/mol. The summed E-state index contributed by atoms with van der Waals surface area (Å²) < 4.78 is 10.5. The number of rotatable bonds is 3. The van der Waals surface area contributed by atoms with Gasteiger partial charge in [-0.3, -0.25) is 4.79 Å². The fraction of sp³-hybridized carbons (Fsp3) is 0.111. The van der Waals surface area contributed by atoms with Gasteiger partial charge in [-0.25, -0.2) is 0 Å². The second-order valence-corrected chi connectivity index (χ2v) is 6.15. The van der Waals surface area contributed by atoms with Crippen LogP contribution in [-0.4, -0.2) is 12.7 Å². The highest BCUT2D eigenvalue weighted by atomic mass is 35.5. The molecule has 2 aromatic rings. The van der Waals surface area contributed by atoms with Crippen LogP contribution in [0.2, 0.25) is 10.0 Å². The number of hydrogen-bond donors (Lipinski definition) is 1. The maximum absolute atomic E-state index is 12.4. The minimum atomic E-state index is -0.554. The molecule has 1 amide bonds. The van der Waals surface area contributed by atoms with Crippen LogP contribution in [0, 0.1) is 18.3 Å². The van der Waals surface area contributed by atoms with Crippen LogP contribution in [0.5, 0.6) is 11.5 Å². The number of carbonyl (C=O) groups is 1. The van der Waals surface area contributed by atoms with Gasteiger partial charge in [0, 0.05) is 16.8 Å². The SMILES string of the molecule is Cc1ccc(Cl)cc1NC(=O)/C(C#N)=C/c1cc2c(cc1Cl)OCO2. The molecule has 0 unspecified atom stereocenters. The fourth-order valence-electron chi connectivity index (χ4n) is 2.27. The van der Waals surface area contributed by atoms with Gasteiger partial charge in [0.25, 0.3) is 5.91 Å². The van der Waals surface area contributed by atoms with Gasteiger partial charge in [-0.15, -0.1) is 0 Å². The molecular weight excluding hydrogens is 363 g/mol. The molecule has 0 saturated carbocycles. The van der Waals surface area contributed by atoms with Crippen LogP contribution in [0.15, 0.2) is 35.9 Å². The molecule has 0 radical (unpaired) electrons. The first-order chi connectivity index (χ1) is 12.0. The Morgan fingerprint density at radius 2 is 1.96 bits per heavy atom. The van der Waals surface area contributed by atoms with E-state index in [2.05, 4.69) is 5.32 Å². The molecule has 0 spiro atoms. The summed E-state index contributed by atoms with van der Waals surface area (Å²) >= 11 is 12.1. The van der Waals surface area contributed by atoms with Crippen molar-refractivity contribution in [2.45, 2.75) is 6.92 Å². The monoisotopic (exact) mass is 374 g/mol. The molecule has 0 atom stereocenters. The van der Waals surface area contributed by atoms with Gasteiger partial charge < -0.3 is 14.8 Å². The first-order valence-corrected chi connectivity index (χ1v) is 8.02. The molecule has 25 heavy (non-hydrogen) atoms. The highest BCUT2D eigenvalue weighted by molar-refractivity contribution is 6.32. The summed E-state index contributed by atoms with van der Waals surface area (Å²) in [6.45, 7) is 1.94. The van der Waals surface area contributed by atoms with E-state index < -0.39 is 5.91 Å². The molecule has 0 saturated heterocycles. The van der Waals surface area contributed by atoms with E-state index in [1.807, 2.05) is 13.0 Å². The second kappa shape index (κ2) is 7.06. The van der Waals surface area contributed by atoms with E-state index in [4.69, 9.17) is 32.7 Å². The number of carbonyl (C=O) groups excluding carboxylic acids is 1. The van der Waals surface area contributed by atoms with E-state index in [0.717, 1.165) is 5.56 Å². The van der Waals surface area contributed by atoms with Crippen LogP contribution >= 0.6 is 23.2 Å². The van der Waals surface area contributed by atoms with E-state index >= 15 is 0 Å². The van der Waals surface area contributed by atoms with Gasteiger partial charge in [-0.05, 0) is 42.3 Å². The molecule has 1 aliphatic heterocycles. The van der Waals surface area contributed by atoms with Gasteiger partial charge in [0.1, 0.15) is 11.6 Å². The molecule has 3 rings (SSSR count). The van der Waals surface area contributed by atoms with E-state index in [0.29, 0.717) is 32.8 Å². The zero-order valence-corrected chi connectivity index (χ0v) is 14.6. The van der Waals surface area contributed by atoms with Crippen molar-refractivity contribution in [1.29, 1.82) is 5.26 Å². The van der Waals surface area contributed by atoms with Gasteiger partial charge in [0.15, 0.2) is 11.5 Å². The molecule has 2 aromatic carbocycles. The molecular formula is C18H12Cl2N2O3. The highest BCUT2D eigenvalue weighted by Crippen LogP contribution is 2.37. The van der Waals surface area contributed by atoms with E-state index in [1.54, 1.807) is 30.3 Å². The van der Waals surface area contributed by atoms with E-state index in [9.17, 15) is 10.1 Å². The molecule has 1 heterocycles. The zero-order valence-electron chi connectivity index (χ0n) is 13.1. The normalized spacial score (nSPS) is 12.6. The average Bonchev–Trinajstić information content (AvgIpc) is 3.02. The standard InChI is InChI=1S/C18H12Cl2N2O3/c1-10-2-3-13(19)6-15(10)22-18(23)12(8-21)4-11-5-16-17(7-14(11)20)25-9-24-16/h2-7H,9H2,1H3,(H,22,23)/b12-4+. The number of amides is 1. The Kier molecular flexibility index (Phi) is 4.84. The van der Waals surface area contributed by atoms with Crippen molar-refractivity contribution in [2.24, 2.45) is 0 Å². The summed E-state index contributed by atoms with van der Waals surface area (Å²) in [7, 11) is 0. The van der Waals surface area contributed by atoms with Crippen LogP contribution in [-0.2, 0) is 4.79 Å². The predicted molar refractivity (Wildman–Crippen MR) is 96.0 cm³/mol. The largest absolute Gasteiger partial charge is 0.454 e. The van der Waals surface area contributed by atoms with Crippen molar-refractivity contribution >= 4 is 40.9 Å². The molecule has 0 fully saturated rings. The first-order valence-electron chi connectivity index (χ1n) is 7.26. The van der Waals surface area contributed by atoms with Gasteiger partial charge in [0.2, 0.25) is 6.79 Å². The van der Waals surface area contributed by atoms with Crippen LogP contribution in [0.4, 0.5) is 5.69 Å². The number of nitriles is 1. The topological polar surface area (TPSA) is 71.4 Å². The molecule has 126 valence electrons. The van der Waals surface area contributed by atoms with Crippen molar-refractivity contribution in [1.82, 2.24) is 0 Å². The minimum absolute atomic E-state index is 0.0971. The Balaban J connectivity index is 1.89. The Morgan fingerprint density at radius 1 is 1.24 bits per heavy atom. The van der Waals surface area contributed by atoms with E-state index in [-0.39, 0.29) is 12.4 Å². The Labute approximate surface area is 154 Å². The lowest BCUT2D eigenvalue weighted by atomic mass is 10.1. The third-order valence-electron chi connectivity index (χ3n) is 3.60. The van der Waals surface area contributed by atoms with Crippen molar-refractivity contribution in [2.75, 3.05) is 12.1 Å². The van der Waals surface area contributed by atoms with Crippen LogP contribution in [0.1, 0.15) is 11.1 Å². The Morgan fingerprint density at radius 3 is 2.68 bits per heavy atom. The van der Waals surface area contributed by atoms with Crippen molar-refractivity contribution in [3.8, 4) is 17.6 Å². The Bertz CT molecular complexity index is 933. The quantitative estimate of drug-likeness (QED) is 0.630. The number of benzene rings is 2. The maximum Gasteiger partial charge on any atom is 0.266 e. The van der Waals surface area contributed by atoms with Crippen molar-refractivity contribution in [3.05, 3.63) is 57.1 Å². The van der Waals surface area contributed by atoms with Crippen molar-refractivity contribution < 1.29 is 14.3 Å². The summed E-state index contributed by atoms with van der Waals surface area (Å²) in [5, 5.41) is 12.9. The van der Waals surface area contributed by atoms with Crippen LogP contribution < -0.4 is 14.8 Å². The van der Waals surface area contributed by atoms with Gasteiger partial charge in [-0.1, -0.05) is 29.3 Å². The second-order valence-electron chi connectivity index (χ2n) is 5.31. The lowest BCUT2D eigenvalue weighted by molar-refractivity contribution is -0.112. The number of halogens is 2. The molecule has 1 N–H and O–H groups in total. The third-order valence-corrected chi connectivity index (χ3v) is 4.17. The predicted octanol–water partition coefficient (Wildman–Crippen LogP) is 4.58. The molecule has 0 aliphatic carbocycles. The number of ether oxygens (including phenoxy) is 2. The lowest BCUT2D eigenvalue weighted by Crippen LogP contribution is -2.14. The smallest absolute Gasteiger partial charge is 0.266 e. The number of fused-ring (bicyclic) bond motifs is 1. The summed E-state index contributed by atoms with van der Waals surface area (Å²) in [4.78, 5) is 12.4. The number of hydrogen-bond acceptors (Lipinski definition) is 4. The Hall–Kier alpha value is -2.68. The number of nitrogens with one attached hydrogen (secondary N) is 1. The van der Waals surface area contributed by atoms with Gasteiger partial charge in [-0.2, -0.15) is 5.26 Å². The van der Waals surface area contributed by atoms with E-state index in [1.165, 1.54) is 6.08 Å². The molecule has 0 aromatic heterocycles. The number of anilines is 1. The summed E-state index contributed by atoms with van der Waals surface area (Å²) in [6, 6.07) is 10.2. The summed E-state index contributed by atoms with van der Waals surface area (Å²) in [6.07, 6.45) is 1.40. The molecule has 0 bridgehead atoms. The number of nitrogens with zero attached hydrogens (tertiary/aromatic N) is 1. The van der Waals surface area contributed by atoms with Crippen molar-refractivity contribution in [3.63, 3.8) is 0 Å². The maximum atomic E-state index is 12.4. The first kappa shape index (κ1) is 17.2. The fourth-order valence-corrected chi connectivity index (χ4v) is 2.65. The number of aryl methyl sites for hydroxylation is 1. The molecule has 1 aliphatic rings. The lowest BCUT2D eigenvalue weighted by Gasteiger charge is -2.08. The molecule has 7 heteroatoms. The van der Waals surface area contributed by atoms with Crippen LogP contribution in [0.3, 0.4) is 0 Å². The summed E-state index contributed by atoms with van der Waals surface area (Å²) in [5.41, 5.74) is 1.76. The van der Waals surface area contributed by atoms with Crippen LogP contribution in [0.25, 0.3) is 6.08 Å². The minimum Gasteiger partial charge on any atom is -0.454 e. The van der Waals surface area contributed by atoms with Gasteiger partial charge >= 0.3 is 0 Å². The van der Waals surface area contributed by atoms with Gasteiger partial charge in [0.05, 0.1) is 5.02 Å². The zero-order chi connectivity index (χ0) is 18.0. The summed E-state index contributed by atoms with van der Waals surface area (Å²) in [5.74, 6) is 0.486. The third kappa shape index (κ3) is 3.71. The highest BCUT2D eigenvalue weighted by Gasteiger charge is 2.17.